The maximum absolute atomic E-state index is 14.4. The Hall–Kier alpha value is -4.51. The van der Waals surface area contributed by atoms with E-state index in [0.717, 1.165) is 41.0 Å². The predicted molar refractivity (Wildman–Crippen MR) is 136 cm³/mol. The zero-order chi connectivity index (χ0) is 23.8. The van der Waals surface area contributed by atoms with Gasteiger partial charge in [0.25, 0.3) is 5.91 Å². The normalized spacial score (nSPS) is 12.5. The number of nitrogens with zero attached hydrogens (tertiary/aromatic N) is 3. The summed E-state index contributed by atoms with van der Waals surface area (Å²) in [6.07, 6.45) is 3.47. The van der Waals surface area contributed by atoms with E-state index < -0.39 is 0 Å². The molecule has 170 valence electrons. The number of hydrogen-bond acceptors (Lipinski definition) is 2. The van der Waals surface area contributed by atoms with Crippen LogP contribution in [0.4, 0.5) is 15.8 Å². The Morgan fingerprint density at radius 1 is 0.714 bits per heavy atom. The minimum Gasteiger partial charge on any atom is -0.276 e. The summed E-state index contributed by atoms with van der Waals surface area (Å²) < 4.78 is 15.4. The first kappa shape index (κ1) is 21.1. The summed E-state index contributed by atoms with van der Waals surface area (Å²) in [5, 5.41) is 4.78. The molecule has 0 spiro atoms. The number of aromatic nitrogens is 2. The second-order valence-electron chi connectivity index (χ2n) is 8.58. The van der Waals surface area contributed by atoms with Crippen LogP contribution in [0.15, 0.2) is 109 Å². The molecule has 4 aromatic carbocycles. The number of halogens is 1. The van der Waals surface area contributed by atoms with Crippen molar-refractivity contribution in [2.75, 3.05) is 4.90 Å². The minimum atomic E-state index is -0.334. The van der Waals surface area contributed by atoms with Crippen LogP contribution in [0, 0.1) is 5.82 Å². The highest BCUT2D eigenvalue weighted by molar-refractivity contribution is 6.14. The van der Waals surface area contributed by atoms with Crippen molar-refractivity contribution in [3.63, 3.8) is 0 Å². The molecule has 1 aliphatic rings. The first-order chi connectivity index (χ1) is 17.2. The SMILES string of the molecule is O=C(c1cn(-c2ccccc2)nc1-c1ccc(F)cc1)N1c2ccccc2CCc2ccccc21. The third kappa shape index (κ3) is 3.81. The number of carbonyl (C=O) groups is 1. The van der Waals surface area contributed by atoms with E-state index >= 15 is 0 Å². The molecule has 2 heterocycles. The molecule has 0 fully saturated rings. The molecular weight excluding hydrogens is 437 g/mol. The molecule has 0 radical (unpaired) electrons. The van der Waals surface area contributed by atoms with Crippen LogP contribution in [0.25, 0.3) is 16.9 Å². The first-order valence-corrected chi connectivity index (χ1v) is 11.6. The lowest BCUT2D eigenvalue weighted by atomic mass is 10.0. The van der Waals surface area contributed by atoms with Gasteiger partial charge in [-0.05, 0) is 72.5 Å². The van der Waals surface area contributed by atoms with Gasteiger partial charge in [-0.3, -0.25) is 9.69 Å². The van der Waals surface area contributed by atoms with Crippen LogP contribution in [0.2, 0.25) is 0 Å². The topological polar surface area (TPSA) is 38.1 Å². The highest BCUT2D eigenvalue weighted by Crippen LogP contribution is 2.38. The van der Waals surface area contributed by atoms with E-state index in [2.05, 4.69) is 12.1 Å². The van der Waals surface area contributed by atoms with Crippen molar-refractivity contribution in [2.45, 2.75) is 12.8 Å². The monoisotopic (exact) mass is 459 g/mol. The maximum Gasteiger partial charge on any atom is 0.266 e. The highest BCUT2D eigenvalue weighted by atomic mass is 19.1. The summed E-state index contributed by atoms with van der Waals surface area (Å²) in [5.41, 5.74) is 6.48. The lowest BCUT2D eigenvalue weighted by Crippen LogP contribution is -2.27. The molecule has 0 unspecified atom stereocenters. The Morgan fingerprint density at radius 3 is 1.91 bits per heavy atom. The standard InChI is InChI=1S/C30H22FN3O/c31-24-18-16-23(17-19-24)29-26(20-33(32-29)25-10-2-1-3-11-25)30(35)34-27-12-6-4-8-21(27)14-15-22-9-5-7-13-28(22)34/h1-13,16-20H,14-15H2. The average molecular weight is 460 g/mol. The molecule has 5 heteroatoms. The van der Waals surface area contributed by atoms with Gasteiger partial charge in [0.1, 0.15) is 11.5 Å². The Kier molecular flexibility index (Phi) is 5.23. The van der Waals surface area contributed by atoms with E-state index in [1.165, 1.54) is 12.1 Å². The Morgan fingerprint density at radius 2 is 1.29 bits per heavy atom. The number of fused-ring (bicyclic) bond motifs is 2. The third-order valence-corrected chi connectivity index (χ3v) is 6.41. The predicted octanol–water partition coefficient (Wildman–Crippen LogP) is 6.76. The van der Waals surface area contributed by atoms with Crippen LogP contribution in [-0.4, -0.2) is 15.7 Å². The van der Waals surface area contributed by atoms with Crippen molar-refractivity contribution in [3.8, 4) is 16.9 Å². The number of rotatable bonds is 3. The van der Waals surface area contributed by atoms with Crippen LogP contribution in [0.3, 0.4) is 0 Å². The molecule has 6 rings (SSSR count). The largest absolute Gasteiger partial charge is 0.276 e. The van der Waals surface area contributed by atoms with E-state index in [1.807, 2.05) is 66.7 Å². The van der Waals surface area contributed by atoms with Gasteiger partial charge >= 0.3 is 0 Å². The molecule has 5 aromatic rings. The molecule has 4 nitrogen and oxygen atoms in total. The summed E-state index contributed by atoms with van der Waals surface area (Å²) in [5.74, 6) is -0.507. The van der Waals surface area contributed by atoms with Gasteiger partial charge < -0.3 is 0 Å². The van der Waals surface area contributed by atoms with E-state index in [-0.39, 0.29) is 11.7 Å². The molecule has 0 aliphatic carbocycles. The van der Waals surface area contributed by atoms with Crippen molar-refractivity contribution in [1.82, 2.24) is 9.78 Å². The number of hydrogen-bond donors (Lipinski definition) is 0. The smallest absolute Gasteiger partial charge is 0.266 e. The molecule has 35 heavy (non-hydrogen) atoms. The van der Waals surface area contributed by atoms with E-state index in [1.54, 1.807) is 27.9 Å². The number of benzene rings is 4. The zero-order valence-corrected chi connectivity index (χ0v) is 18.9. The van der Waals surface area contributed by atoms with Crippen molar-refractivity contribution >= 4 is 17.3 Å². The fourth-order valence-electron chi connectivity index (χ4n) is 4.68. The maximum atomic E-state index is 14.4. The van der Waals surface area contributed by atoms with Gasteiger partial charge in [0, 0.05) is 11.8 Å². The van der Waals surface area contributed by atoms with Gasteiger partial charge in [-0.2, -0.15) is 5.10 Å². The molecule has 1 aliphatic heterocycles. The number of amides is 1. The summed E-state index contributed by atoms with van der Waals surface area (Å²) in [4.78, 5) is 16.2. The van der Waals surface area contributed by atoms with Crippen LogP contribution in [0.1, 0.15) is 21.5 Å². The van der Waals surface area contributed by atoms with Crippen LogP contribution < -0.4 is 4.90 Å². The van der Waals surface area contributed by atoms with Gasteiger partial charge in [-0.25, -0.2) is 9.07 Å². The van der Waals surface area contributed by atoms with E-state index in [9.17, 15) is 9.18 Å². The quantitative estimate of drug-likeness (QED) is 0.299. The summed E-state index contributed by atoms with van der Waals surface area (Å²) in [6, 6.07) is 31.9. The zero-order valence-electron chi connectivity index (χ0n) is 18.9. The van der Waals surface area contributed by atoms with E-state index in [4.69, 9.17) is 5.10 Å². The van der Waals surface area contributed by atoms with Crippen LogP contribution in [0.5, 0.6) is 0 Å². The highest BCUT2D eigenvalue weighted by Gasteiger charge is 2.30. The Labute approximate surface area is 202 Å². The van der Waals surface area contributed by atoms with Crippen molar-refractivity contribution < 1.29 is 9.18 Å². The van der Waals surface area contributed by atoms with Gasteiger partial charge in [-0.15, -0.1) is 0 Å². The van der Waals surface area contributed by atoms with Crippen LogP contribution >= 0.6 is 0 Å². The van der Waals surface area contributed by atoms with Crippen molar-refractivity contribution in [3.05, 3.63) is 132 Å². The molecule has 0 bridgehead atoms. The molecule has 1 amide bonds. The molecule has 0 saturated carbocycles. The number of anilines is 2. The van der Waals surface area contributed by atoms with Gasteiger partial charge in [-0.1, -0.05) is 54.6 Å². The van der Waals surface area contributed by atoms with Crippen molar-refractivity contribution in [1.29, 1.82) is 0 Å². The summed E-state index contributed by atoms with van der Waals surface area (Å²) >= 11 is 0. The van der Waals surface area contributed by atoms with E-state index in [0.29, 0.717) is 16.8 Å². The minimum absolute atomic E-state index is 0.173. The fourth-order valence-corrected chi connectivity index (χ4v) is 4.68. The van der Waals surface area contributed by atoms with Crippen molar-refractivity contribution in [2.24, 2.45) is 0 Å². The number of carbonyl (C=O) groups excluding carboxylic acids is 1. The summed E-state index contributed by atoms with van der Waals surface area (Å²) in [7, 11) is 0. The molecule has 0 saturated heterocycles. The molecule has 1 aromatic heterocycles. The summed E-state index contributed by atoms with van der Waals surface area (Å²) in [6.45, 7) is 0. The molecule has 0 N–H and O–H groups in total. The average Bonchev–Trinajstić information content (AvgIpc) is 3.28. The van der Waals surface area contributed by atoms with Gasteiger partial charge in [0.15, 0.2) is 0 Å². The van der Waals surface area contributed by atoms with Gasteiger partial charge in [0.2, 0.25) is 0 Å². The molecular formula is C30H22FN3O. The number of para-hydroxylation sites is 3. The Balaban J connectivity index is 1.56. The lowest BCUT2D eigenvalue weighted by molar-refractivity contribution is 0.0999. The van der Waals surface area contributed by atoms with Crippen LogP contribution in [-0.2, 0) is 12.8 Å². The second kappa shape index (κ2) is 8.69. The number of aryl methyl sites for hydroxylation is 2. The molecule has 0 atom stereocenters. The first-order valence-electron chi connectivity index (χ1n) is 11.6. The third-order valence-electron chi connectivity index (χ3n) is 6.41. The lowest BCUT2D eigenvalue weighted by Gasteiger charge is -2.25. The fraction of sp³-hybridized carbons (Fsp3) is 0.0667. The van der Waals surface area contributed by atoms with Gasteiger partial charge in [0.05, 0.1) is 22.6 Å². The Bertz CT molecular complexity index is 1480. The second-order valence-corrected chi connectivity index (χ2v) is 8.58.